The summed E-state index contributed by atoms with van der Waals surface area (Å²) in [6.45, 7) is 0.458. The van der Waals surface area contributed by atoms with Crippen LogP contribution in [0.2, 0.25) is 0 Å². The SMILES string of the molecule is [N-]=[N+]=NCCC[C@@H]1CC[C@H](n2ccc(=O)[nH]c2=O)O1. The standard InChI is InChI=1S/C11H15N5O3/c12-15-13-6-1-2-8-3-4-10(19-8)16-7-5-9(17)14-11(16)18/h5,7-8,10H,1-4,6H2,(H,14,17,18)/t8-,10-/m1/s1. The van der Waals surface area contributed by atoms with Crippen LogP contribution in [-0.4, -0.2) is 22.2 Å². The first-order chi connectivity index (χ1) is 9.20. The van der Waals surface area contributed by atoms with Gasteiger partial charge in [0.05, 0.1) is 6.10 Å². The van der Waals surface area contributed by atoms with Crippen LogP contribution >= 0.6 is 0 Å². The van der Waals surface area contributed by atoms with Crippen LogP contribution in [0.15, 0.2) is 27.0 Å². The molecule has 2 rings (SSSR count). The maximum absolute atomic E-state index is 11.6. The second kappa shape index (κ2) is 6.21. The molecule has 0 spiro atoms. The van der Waals surface area contributed by atoms with Gasteiger partial charge in [0.15, 0.2) is 0 Å². The van der Waals surface area contributed by atoms with E-state index < -0.39 is 11.2 Å². The predicted molar refractivity (Wildman–Crippen MR) is 67.7 cm³/mol. The zero-order chi connectivity index (χ0) is 13.7. The van der Waals surface area contributed by atoms with Gasteiger partial charge in [0.2, 0.25) is 0 Å². The first-order valence-electron chi connectivity index (χ1n) is 6.18. The van der Waals surface area contributed by atoms with Gasteiger partial charge in [0.1, 0.15) is 6.23 Å². The second-order valence-electron chi connectivity index (χ2n) is 4.40. The average molecular weight is 265 g/mol. The van der Waals surface area contributed by atoms with Gasteiger partial charge in [-0.2, -0.15) is 0 Å². The molecule has 0 aromatic carbocycles. The third-order valence-corrected chi connectivity index (χ3v) is 3.09. The number of nitrogens with one attached hydrogen (secondary N) is 1. The van der Waals surface area contributed by atoms with E-state index in [1.165, 1.54) is 16.8 Å². The Balaban J connectivity index is 1.92. The van der Waals surface area contributed by atoms with Crippen LogP contribution in [0, 0.1) is 0 Å². The molecule has 0 aliphatic carbocycles. The molecule has 0 amide bonds. The van der Waals surface area contributed by atoms with Crippen molar-refractivity contribution in [1.29, 1.82) is 0 Å². The van der Waals surface area contributed by atoms with E-state index in [1.54, 1.807) is 0 Å². The second-order valence-corrected chi connectivity index (χ2v) is 4.40. The molecule has 1 aromatic heterocycles. The van der Waals surface area contributed by atoms with Crippen LogP contribution in [0.4, 0.5) is 0 Å². The quantitative estimate of drug-likeness (QED) is 0.374. The largest absolute Gasteiger partial charge is 0.355 e. The molecule has 102 valence electrons. The Morgan fingerprint density at radius 2 is 2.37 bits per heavy atom. The van der Waals surface area contributed by atoms with Crippen molar-refractivity contribution < 1.29 is 4.74 Å². The van der Waals surface area contributed by atoms with E-state index in [0.717, 1.165) is 25.7 Å². The van der Waals surface area contributed by atoms with Crippen molar-refractivity contribution in [3.8, 4) is 0 Å². The first kappa shape index (κ1) is 13.4. The number of ether oxygens (including phenoxy) is 1. The summed E-state index contributed by atoms with van der Waals surface area (Å²) in [5.41, 5.74) is 7.30. The maximum Gasteiger partial charge on any atom is 0.330 e. The molecule has 1 aromatic rings. The zero-order valence-corrected chi connectivity index (χ0v) is 10.4. The molecule has 2 atom stereocenters. The van der Waals surface area contributed by atoms with Crippen molar-refractivity contribution in [2.75, 3.05) is 6.54 Å². The minimum Gasteiger partial charge on any atom is -0.355 e. The highest BCUT2D eigenvalue weighted by molar-refractivity contribution is 4.86. The summed E-state index contributed by atoms with van der Waals surface area (Å²) in [4.78, 5) is 27.5. The van der Waals surface area contributed by atoms with E-state index >= 15 is 0 Å². The van der Waals surface area contributed by atoms with Crippen molar-refractivity contribution in [2.45, 2.75) is 38.0 Å². The van der Waals surface area contributed by atoms with Crippen molar-refractivity contribution in [2.24, 2.45) is 5.11 Å². The highest BCUT2D eigenvalue weighted by atomic mass is 16.5. The summed E-state index contributed by atoms with van der Waals surface area (Å²) in [6, 6.07) is 1.31. The summed E-state index contributed by atoms with van der Waals surface area (Å²) in [7, 11) is 0. The Kier molecular flexibility index (Phi) is 4.38. The molecule has 8 heteroatoms. The Morgan fingerprint density at radius 1 is 1.53 bits per heavy atom. The molecule has 2 heterocycles. The molecule has 8 nitrogen and oxygen atoms in total. The lowest BCUT2D eigenvalue weighted by atomic mass is 10.1. The molecule has 1 saturated heterocycles. The molecule has 0 unspecified atom stereocenters. The molecule has 0 saturated carbocycles. The van der Waals surface area contributed by atoms with Crippen molar-refractivity contribution >= 4 is 0 Å². The van der Waals surface area contributed by atoms with E-state index in [4.69, 9.17) is 10.3 Å². The Morgan fingerprint density at radius 3 is 3.11 bits per heavy atom. The van der Waals surface area contributed by atoms with E-state index in [-0.39, 0.29) is 12.3 Å². The van der Waals surface area contributed by atoms with E-state index in [2.05, 4.69) is 15.0 Å². The number of H-pyrrole nitrogens is 1. The highest BCUT2D eigenvalue weighted by Crippen LogP contribution is 2.29. The fourth-order valence-electron chi connectivity index (χ4n) is 2.19. The minimum absolute atomic E-state index is 0.0673. The molecule has 1 N–H and O–H groups in total. The van der Waals surface area contributed by atoms with Crippen molar-refractivity contribution in [1.82, 2.24) is 9.55 Å². The van der Waals surface area contributed by atoms with Crippen LogP contribution < -0.4 is 11.2 Å². The lowest BCUT2D eigenvalue weighted by Gasteiger charge is -2.15. The fourth-order valence-corrected chi connectivity index (χ4v) is 2.19. The first-order valence-corrected chi connectivity index (χ1v) is 6.18. The molecule has 19 heavy (non-hydrogen) atoms. The van der Waals surface area contributed by atoms with E-state index in [9.17, 15) is 9.59 Å². The molecule has 0 radical (unpaired) electrons. The monoisotopic (exact) mass is 265 g/mol. The van der Waals surface area contributed by atoms with Gasteiger partial charge in [0.25, 0.3) is 5.56 Å². The van der Waals surface area contributed by atoms with Crippen LogP contribution in [0.5, 0.6) is 0 Å². The van der Waals surface area contributed by atoms with E-state index in [1.807, 2.05) is 0 Å². The number of aromatic amines is 1. The number of azide groups is 1. The van der Waals surface area contributed by atoms with Gasteiger partial charge >= 0.3 is 5.69 Å². The Bertz CT molecular complexity index is 586. The number of nitrogens with zero attached hydrogens (tertiary/aromatic N) is 4. The Labute approximate surface area is 108 Å². The number of hydrogen-bond donors (Lipinski definition) is 1. The summed E-state index contributed by atoms with van der Waals surface area (Å²) in [5, 5.41) is 3.46. The number of aromatic nitrogens is 2. The maximum atomic E-state index is 11.6. The van der Waals surface area contributed by atoms with Gasteiger partial charge in [-0.3, -0.25) is 14.3 Å². The molecular formula is C11H15N5O3. The predicted octanol–water partition coefficient (Wildman–Crippen LogP) is 1.30. The third-order valence-electron chi connectivity index (χ3n) is 3.09. The lowest BCUT2D eigenvalue weighted by molar-refractivity contribution is -0.00460. The number of rotatable bonds is 5. The van der Waals surface area contributed by atoms with Gasteiger partial charge in [0, 0.05) is 23.7 Å². The molecular weight excluding hydrogens is 250 g/mol. The normalized spacial score (nSPS) is 22.1. The molecule has 0 bridgehead atoms. The van der Waals surface area contributed by atoms with Gasteiger partial charge in [-0.1, -0.05) is 5.11 Å². The average Bonchev–Trinajstić information content (AvgIpc) is 2.83. The summed E-state index contributed by atoms with van der Waals surface area (Å²) >= 11 is 0. The van der Waals surface area contributed by atoms with Gasteiger partial charge in [-0.05, 0) is 31.2 Å². The fraction of sp³-hybridized carbons (Fsp3) is 0.636. The third kappa shape index (κ3) is 3.46. The molecule has 1 fully saturated rings. The Hall–Kier alpha value is -2.05. The summed E-state index contributed by atoms with van der Waals surface area (Å²) < 4.78 is 7.15. The zero-order valence-electron chi connectivity index (χ0n) is 10.4. The minimum atomic E-state index is -0.452. The van der Waals surface area contributed by atoms with Gasteiger partial charge < -0.3 is 4.74 Å². The van der Waals surface area contributed by atoms with Crippen LogP contribution in [0.25, 0.3) is 10.4 Å². The molecule has 1 aliphatic rings. The van der Waals surface area contributed by atoms with Crippen LogP contribution in [0.1, 0.15) is 31.9 Å². The van der Waals surface area contributed by atoms with Crippen molar-refractivity contribution in [3.05, 3.63) is 43.5 Å². The van der Waals surface area contributed by atoms with Crippen LogP contribution in [0.3, 0.4) is 0 Å². The van der Waals surface area contributed by atoms with Gasteiger partial charge in [-0.25, -0.2) is 4.79 Å². The highest BCUT2D eigenvalue weighted by Gasteiger charge is 2.26. The van der Waals surface area contributed by atoms with Gasteiger partial charge in [-0.15, -0.1) is 0 Å². The number of hydrogen-bond acceptors (Lipinski definition) is 4. The van der Waals surface area contributed by atoms with E-state index in [0.29, 0.717) is 6.54 Å². The lowest BCUT2D eigenvalue weighted by Crippen LogP contribution is -2.31. The van der Waals surface area contributed by atoms with Crippen molar-refractivity contribution in [3.63, 3.8) is 0 Å². The summed E-state index contributed by atoms with van der Waals surface area (Å²) in [5.74, 6) is 0. The smallest absolute Gasteiger partial charge is 0.330 e. The summed E-state index contributed by atoms with van der Waals surface area (Å²) in [6.07, 6.45) is 4.35. The van der Waals surface area contributed by atoms with Crippen LogP contribution in [-0.2, 0) is 4.74 Å². The molecule has 1 aliphatic heterocycles. The topological polar surface area (TPSA) is 113 Å².